The minimum atomic E-state index is 0.430. The van der Waals surface area contributed by atoms with Gasteiger partial charge in [-0.05, 0) is 28.8 Å². The van der Waals surface area contributed by atoms with E-state index in [1.165, 1.54) is 0 Å². The Morgan fingerprint density at radius 2 is 2.21 bits per heavy atom. The predicted molar refractivity (Wildman–Crippen MR) is 54.5 cm³/mol. The summed E-state index contributed by atoms with van der Waals surface area (Å²) in [5.41, 5.74) is 1.47. The largest absolute Gasteiger partial charge is 0.381 e. The predicted octanol–water partition coefficient (Wildman–Crippen LogP) is 1.88. The molecule has 4 nitrogen and oxygen atoms in total. The number of nitrogens with one attached hydrogen (secondary N) is 1. The van der Waals surface area contributed by atoms with Crippen molar-refractivity contribution in [2.24, 2.45) is 0 Å². The smallest absolute Gasteiger partial charge is 0.171 e. The summed E-state index contributed by atoms with van der Waals surface area (Å²) < 4.78 is 6.08. The Kier molecular flexibility index (Phi) is 2.98. The zero-order valence-electron chi connectivity index (χ0n) is 7.62. The molecule has 0 aliphatic carbocycles. The maximum absolute atomic E-state index is 10.6. The maximum Gasteiger partial charge on any atom is 0.171 e. The van der Waals surface area contributed by atoms with Crippen LogP contribution >= 0.6 is 15.9 Å². The van der Waals surface area contributed by atoms with Gasteiger partial charge in [-0.3, -0.25) is 9.89 Å². The summed E-state index contributed by atoms with van der Waals surface area (Å²) in [6, 6.07) is 0. The SMILES string of the molecule is O=Cc1n[nH]c(C2CCOCC2)c1Br. The van der Waals surface area contributed by atoms with Crippen molar-refractivity contribution in [1.82, 2.24) is 10.2 Å². The Labute approximate surface area is 90.2 Å². The van der Waals surface area contributed by atoms with Crippen LogP contribution in [0.5, 0.6) is 0 Å². The molecular formula is C9H11BrN2O2. The van der Waals surface area contributed by atoms with E-state index in [1.807, 2.05) is 0 Å². The topological polar surface area (TPSA) is 55.0 Å². The van der Waals surface area contributed by atoms with Gasteiger partial charge in [0.1, 0.15) is 5.69 Å². The number of hydrogen-bond donors (Lipinski definition) is 1. The van der Waals surface area contributed by atoms with Crippen molar-refractivity contribution >= 4 is 22.2 Å². The molecule has 0 radical (unpaired) electrons. The third kappa shape index (κ3) is 1.74. The molecule has 0 spiro atoms. The number of rotatable bonds is 2. The van der Waals surface area contributed by atoms with Gasteiger partial charge in [-0.2, -0.15) is 5.10 Å². The van der Waals surface area contributed by atoms with Crippen LogP contribution in [0.1, 0.15) is 34.9 Å². The van der Waals surface area contributed by atoms with E-state index < -0.39 is 0 Å². The number of aromatic amines is 1. The first-order valence-corrected chi connectivity index (χ1v) is 5.39. The summed E-state index contributed by atoms with van der Waals surface area (Å²) in [5.74, 6) is 0.430. The molecule has 2 heterocycles. The van der Waals surface area contributed by atoms with E-state index in [4.69, 9.17) is 4.74 Å². The molecule has 1 fully saturated rings. The Bertz CT molecular complexity index is 332. The summed E-state index contributed by atoms with van der Waals surface area (Å²) in [7, 11) is 0. The normalized spacial score (nSPS) is 18.4. The number of carbonyl (C=O) groups is 1. The molecule has 0 bridgehead atoms. The lowest BCUT2D eigenvalue weighted by atomic mass is 9.96. The fourth-order valence-corrected chi connectivity index (χ4v) is 2.29. The van der Waals surface area contributed by atoms with Crippen LogP contribution < -0.4 is 0 Å². The molecule has 1 saturated heterocycles. The molecule has 5 heteroatoms. The van der Waals surface area contributed by atoms with E-state index in [-0.39, 0.29) is 0 Å². The number of halogens is 1. The number of aromatic nitrogens is 2. The first-order chi connectivity index (χ1) is 6.83. The van der Waals surface area contributed by atoms with Crippen LogP contribution in [0.25, 0.3) is 0 Å². The van der Waals surface area contributed by atoms with E-state index in [2.05, 4.69) is 26.1 Å². The molecule has 0 aromatic carbocycles. The Morgan fingerprint density at radius 1 is 1.50 bits per heavy atom. The van der Waals surface area contributed by atoms with Gasteiger partial charge in [-0.1, -0.05) is 0 Å². The van der Waals surface area contributed by atoms with Crippen LogP contribution in [0, 0.1) is 0 Å². The summed E-state index contributed by atoms with van der Waals surface area (Å²) in [5, 5.41) is 6.84. The molecule has 14 heavy (non-hydrogen) atoms. The first-order valence-electron chi connectivity index (χ1n) is 4.59. The van der Waals surface area contributed by atoms with Gasteiger partial charge in [0, 0.05) is 19.1 Å². The van der Waals surface area contributed by atoms with E-state index in [9.17, 15) is 4.79 Å². The number of nitrogens with zero attached hydrogens (tertiary/aromatic N) is 1. The van der Waals surface area contributed by atoms with Crippen molar-refractivity contribution in [2.45, 2.75) is 18.8 Å². The van der Waals surface area contributed by atoms with E-state index >= 15 is 0 Å². The van der Waals surface area contributed by atoms with Crippen LogP contribution in [0.3, 0.4) is 0 Å². The standard InChI is InChI=1S/C9H11BrN2O2/c10-8-7(5-13)11-12-9(8)6-1-3-14-4-2-6/h5-6H,1-4H2,(H,11,12). The second-order valence-electron chi connectivity index (χ2n) is 3.34. The third-order valence-corrected chi connectivity index (χ3v) is 3.33. The van der Waals surface area contributed by atoms with Gasteiger partial charge in [0.25, 0.3) is 0 Å². The molecule has 1 N–H and O–H groups in total. The quantitative estimate of drug-likeness (QED) is 0.825. The van der Waals surface area contributed by atoms with Gasteiger partial charge >= 0.3 is 0 Å². The van der Waals surface area contributed by atoms with Gasteiger partial charge in [0.05, 0.1) is 10.2 Å². The fourth-order valence-electron chi connectivity index (χ4n) is 1.69. The molecule has 1 aromatic rings. The summed E-state index contributed by atoms with van der Waals surface area (Å²) >= 11 is 3.38. The van der Waals surface area contributed by atoms with Gasteiger partial charge in [0.2, 0.25) is 0 Å². The fraction of sp³-hybridized carbons (Fsp3) is 0.556. The maximum atomic E-state index is 10.6. The van der Waals surface area contributed by atoms with Crippen molar-refractivity contribution in [3.05, 3.63) is 15.9 Å². The second kappa shape index (κ2) is 4.23. The Hall–Kier alpha value is -0.680. The molecule has 0 amide bonds. The first kappa shape index (κ1) is 9.86. The van der Waals surface area contributed by atoms with Crippen LogP contribution in [0.4, 0.5) is 0 Å². The average molecular weight is 259 g/mol. The van der Waals surface area contributed by atoms with Gasteiger partial charge in [0.15, 0.2) is 6.29 Å². The zero-order chi connectivity index (χ0) is 9.97. The highest BCUT2D eigenvalue weighted by atomic mass is 79.9. The van der Waals surface area contributed by atoms with Crippen molar-refractivity contribution in [2.75, 3.05) is 13.2 Å². The van der Waals surface area contributed by atoms with Crippen molar-refractivity contribution < 1.29 is 9.53 Å². The molecule has 0 saturated carbocycles. The molecule has 1 aromatic heterocycles. The zero-order valence-corrected chi connectivity index (χ0v) is 9.21. The molecule has 2 rings (SSSR count). The highest BCUT2D eigenvalue weighted by molar-refractivity contribution is 9.10. The highest BCUT2D eigenvalue weighted by Crippen LogP contribution is 2.31. The van der Waals surface area contributed by atoms with E-state index in [1.54, 1.807) is 0 Å². The van der Waals surface area contributed by atoms with Gasteiger partial charge < -0.3 is 4.74 Å². The summed E-state index contributed by atoms with van der Waals surface area (Å²) in [6.45, 7) is 1.57. The molecular weight excluding hydrogens is 248 g/mol. The Morgan fingerprint density at radius 3 is 2.79 bits per heavy atom. The van der Waals surface area contributed by atoms with Crippen LogP contribution in [-0.4, -0.2) is 29.7 Å². The van der Waals surface area contributed by atoms with Gasteiger partial charge in [-0.15, -0.1) is 0 Å². The Balaban J connectivity index is 2.22. The van der Waals surface area contributed by atoms with E-state index in [0.717, 1.165) is 42.5 Å². The van der Waals surface area contributed by atoms with Crippen molar-refractivity contribution in [1.29, 1.82) is 0 Å². The van der Waals surface area contributed by atoms with E-state index in [0.29, 0.717) is 11.6 Å². The van der Waals surface area contributed by atoms with Crippen LogP contribution in [-0.2, 0) is 4.74 Å². The highest BCUT2D eigenvalue weighted by Gasteiger charge is 2.21. The number of carbonyl (C=O) groups excluding carboxylic acids is 1. The lowest BCUT2D eigenvalue weighted by Gasteiger charge is -2.20. The number of hydrogen-bond acceptors (Lipinski definition) is 3. The third-order valence-electron chi connectivity index (χ3n) is 2.50. The summed E-state index contributed by atoms with van der Waals surface area (Å²) in [4.78, 5) is 10.6. The van der Waals surface area contributed by atoms with Crippen molar-refractivity contribution in [3.8, 4) is 0 Å². The minimum absolute atomic E-state index is 0.430. The molecule has 0 atom stereocenters. The minimum Gasteiger partial charge on any atom is -0.381 e. The van der Waals surface area contributed by atoms with Gasteiger partial charge in [-0.25, -0.2) is 0 Å². The number of aldehydes is 1. The number of H-pyrrole nitrogens is 1. The summed E-state index contributed by atoms with van der Waals surface area (Å²) in [6.07, 6.45) is 2.72. The molecule has 0 unspecified atom stereocenters. The van der Waals surface area contributed by atoms with Crippen LogP contribution in [0.2, 0.25) is 0 Å². The molecule has 76 valence electrons. The molecule has 1 aliphatic heterocycles. The van der Waals surface area contributed by atoms with Crippen LogP contribution in [0.15, 0.2) is 4.47 Å². The average Bonchev–Trinajstić information content (AvgIpc) is 2.61. The lowest BCUT2D eigenvalue weighted by Crippen LogP contribution is -2.14. The van der Waals surface area contributed by atoms with Crippen molar-refractivity contribution in [3.63, 3.8) is 0 Å². The lowest BCUT2D eigenvalue weighted by molar-refractivity contribution is 0.0843. The monoisotopic (exact) mass is 258 g/mol. The number of ether oxygens (including phenoxy) is 1. The second-order valence-corrected chi connectivity index (χ2v) is 4.13. The molecule has 1 aliphatic rings.